The Bertz CT molecular complexity index is 324. The lowest BCUT2D eigenvalue weighted by Gasteiger charge is -2.13. The zero-order valence-electron chi connectivity index (χ0n) is 8.43. The number of aromatic carboxylic acids is 1. The smallest absolute Gasteiger partial charge is 0.357 e. The Morgan fingerprint density at radius 3 is 2.93 bits per heavy atom. The molecule has 0 saturated heterocycles. The minimum atomic E-state index is -1.12. The van der Waals surface area contributed by atoms with Gasteiger partial charge in [-0.25, -0.2) is 4.79 Å². The number of hydrogen-bond donors (Lipinski definition) is 3. The average molecular weight is 214 g/mol. The van der Waals surface area contributed by atoms with Crippen LogP contribution in [-0.4, -0.2) is 33.8 Å². The number of hydrogen-bond acceptors (Lipinski definition) is 5. The Morgan fingerprint density at radius 2 is 2.47 bits per heavy atom. The van der Waals surface area contributed by atoms with Gasteiger partial charge in [0.1, 0.15) is 6.26 Å². The Labute approximate surface area is 86.9 Å². The third-order valence-electron chi connectivity index (χ3n) is 2.02. The minimum Gasteiger partial charge on any atom is -0.476 e. The number of anilines is 1. The molecule has 1 aromatic rings. The Kier molecular flexibility index (Phi) is 4.11. The summed E-state index contributed by atoms with van der Waals surface area (Å²) < 4.78 is 4.92. The number of aliphatic hydroxyl groups excluding tert-OH is 1. The third-order valence-corrected chi connectivity index (χ3v) is 2.02. The second-order valence-corrected chi connectivity index (χ2v) is 3.10. The topological polar surface area (TPSA) is 95.6 Å². The average Bonchev–Trinajstić information content (AvgIpc) is 2.65. The zero-order valence-corrected chi connectivity index (χ0v) is 8.43. The molecule has 15 heavy (non-hydrogen) atoms. The van der Waals surface area contributed by atoms with Gasteiger partial charge in [0.2, 0.25) is 0 Å². The van der Waals surface area contributed by atoms with Crippen molar-refractivity contribution in [2.24, 2.45) is 0 Å². The molecule has 1 unspecified atom stereocenters. The van der Waals surface area contributed by atoms with Gasteiger partial charge in [-0.15, -0.1) is 0 Å². The van der Waals surface area contributed by atoms with Gasteiger partial charge in [0.05, 0.1) is 0 Å². The first kappa shape index (κ1) is 11.5. The highest BCUT2D eigenvalue weighted by Crippen LogP contribution is 2.11. The summed E-state index contributed by atoms with van der Waals surface area (Å²) in [6.45, 7) is 2.02. The van der Waals surface area contributed by atoms with E-state index in [1.165, 1.54) is 0 Å². The molecule has 0 fully saturated rings. The van der Waals surface area contributed by atoms with Gasteiger partial charge in [-0.1, -0.05) is 6.92 Å². The molecule has 0 aliphatic heterocycles. The normalized spacial score (nSPS) is 12.4. The van der Waals surface area contributed by atoms with Crippen LogP contribution in [0.15, 0.2) is 10.7 Å². The molecule has 0 aromatic carbocycles. The Morgan fingerprint density at radius 1 is 1.73 bits per heavy atom. The van der Waals surface area contributed by atoms with E-state index in [1.54, 1.807) is 0 Å². The van der Waals surface area contributed by atoms with E-state index >= 15 is 0 Å². The van der Waals surface area contributed by atoms with Crippen LogP contribution in [0, 0.1) is 0 Å². The van der Waals surface area contributed by atoms with Gasteiger partial charge < -0.3 is 19.9 Å². The van der Waals surface area contributed by atoms with E-state index in [0.29, 0.717) is 6.42 Å². The molecule has 6 heteroatoms. The summed E-state index contributed by atoms with van der Waals surface area (Å²) in [5, 5.41) is 20.3. The second-order valence-electron chi connectivity index (χ2n) is 3.10. The predicted octanol–water partition coefficient (Wildman–Crippen LogP) is 0.946. The van der Waals surface area contributed by atoms with E-state index in [4.69, 9.17) is 14.6 Å². The van der Waals surface area contributed by atoms with Gasteiger partial charge in [-0.3, -0.25) is 0 Å². The Balaban J connectivity index is 2.59. The van der Waals surface area contributed by atoms with Crippen molar-refractivity contribution in [2.45, 2.75) is 25.8 Å². The molecule has 1 aromatic heterocycles. The van der Waals surface area contributed by atoms with E-state index in [0.717, 1.165) is 12.7 Å². The highest BCUT2D eigenvalue weighted by Gasteiger charge is 2.13. The summed E-state index contributed by atoms with van der Waals surface area (Å²) in [5.41, 5.74) is -0.128. The number of rotatable bonds is 6. The lowest BCUT2D eigenvalue weighted by Crippen LogP contribution is -2.20. The quantitative estimate of drug-likeness (QED) is 0.652. The van der Waals surface area contributed by atoms with Crippen LogP contribution in [0.4, 0.5) is 6.01 Å². The molecule has 0 aliphatic rings. The fourth-order valence-electron chi connectivity index (χ4n) is 1.15. The fourth-order valence-corrected chi connectivity index (χ4v) is 1.15. The van der Waals surface area contributed by atoms with Crippen LogP contribution in [0.3, 0.4) is 0 Å². The van der Waals surface area contributed by atoms with Crippen molar-refractivity contribution in [3.05, 3.63) is 12.0 Å². The van der Waals surface area contributed by atoms with Crippen molar-refractivity contribution in [1.82, 2.24) is 4.98 Å². The molecule has 0 spiro atoms. The molecule has 1 heterocycles. The van der Waals surface area contributed by atoms with Crippen molar-refractivity contribution in [3.8, 4) is 0 Å². The van der Waals surface area contributed by atoms with Crippen molar-refractivity contribution in [3.63, 3.8) is 0 Å². The molecule has 1 rings (SSSR count). The number of carboxylic acids is 1. The van der Waals surface area contributed by atoms with Crippen LogP contribution in [0.1, 0.15) is 30.3 Å². The van der Waals surface area contributed by atoms with Crippen molar-refractivity contribution >= 4 is 12.0 Å². The Hall–Kier alpha value is -1.56. The number of nitrogens with zero attached hydrogens (tertiary/aromatic N) is 1. The number of carboxylic acid groups (broad SMARTS) is 1. The second kappa shape index (κ2) is 5.35. The molecule has 0 amide bonds. The highest BCUT2D eigenvalue weighted by atomic mass is 16.4. The van der Waals surface area contributed by atoms with Crippen LogP contribution < -0.4 is 5.32 Å². The van der Waals surface area contributed by atoms with Crippen molar-refractivity contribution in [2.75, 3.05) is 11.9 Å². The molecule has 0 aliphatic carbocycles. The predicted molar refractivity (Wildman–Crippen MR) is 52.9 cm³/mol. The maximum Gasteiger partial charge on any atom is 0.357 e. The molecule has 1 atom stereocenters. The van der Waals surface area contributed by atoms with E-state index in [-0.39, 0.29) is 24.4 Å². The highest BCUT2D eigenvalue weighted by molar-refractivity contribution is 5.85. The van der Waals surface area contributed by atoms with E-state index in [2.05, 4.69) is 10.3 Å². The summed E-state index contributed by atoms with van der Waals surface area (Å²) in [4.78, 5) is 14.2. The number of aromatic nitrogens is 1. The van der Waals surface area contributed by atoms with Gasteiger partial charge in [-0.05, 0) is 12.8 Å². The first-order valence-electron chi connectivity index (χ1n) is 4.73. The number of nitrogens with one attached hydrogen (secondary N) is 1. The molecule has 0 radical (unpaired) electrons. The van der Waals surface area contributed by atoms with E-state index in [1.807, 2.05) is 6.92 Å². The van der Waals surface area contributed by atoms with Crippen molar-refractivity contribution < 1.29 is 19.4 Å². The van der Waals surface area contributed by atoms with E-state index in [9.17, 15) is 4.79 Å². The largest absolute Gasteiger partial charge is 0.476 e. The maximum atomic E-state index is 10.5. The molecular formula is C9H14N2O4. The first-order valence-corrected chi connectivity index (χ1v) is 4.73. The van der Waals surface area contributed by atoms with Crippen LogP contribution in [0.5, 0.6) is 0 Å². The number of oxazole rings is 1. The summed E-state index contributed by atoms with van der Waals surface area (Å²) >= 11 is 0. The van der Waals surface area contributed by atoms with Crippen LogP contribution in [0.2, 0.25) is 0 Å². The molecule has 0 bridgehead atoms. The summed E-state index contributed by atoms with van der Waals surface area (Å²) in [7, 11) is 0. The summed E-state index contributed by atoms with van der Waals surface area (Å²) in [5.74, 6) is -1.12. The number of carbonyl (C=O) groups is 1. The van der Waals surface area contributed by atoms with Crippen LogP contribution in [0.25, 0.3) is 0 Å². The van der Waals surface area contributed by atoms with Gasteiger partial charge >= 0.3 is 5.97 Å². The third kappa shape index (κ3) is 3.25. The first-order chi connectivity index (χ1) is 7.17. The molecule has 6 nitrogen and oxygen atoms in total. The van der Waals surface area contributed by atoms with Crippen LogP contribution >= 0.6 is 0 Å². The van der Waals surface area contributed by atoms with E-state index < -0.39 is 5.97 Å². The van der Waals surface area contributed by atoms with Crippen LogP contribution in [-0.2, 0) is 0 Å². The SMILES string of the molecule is CCC(CCO)Nc1nc(C(=O)O)co1. The van der Waals surface area contributed by atoms with Gasteiger partial charge in [-0.2, -0.15) is 4.98 Å². The number of aliphatic hydroxyl groups is 1. The molecular weight excluding hydrogens is 200 g/mol. The summed E-state index contributed by atoms with van der Waals surface area (Å²) in [6, 6.07) is 0.211. The summed E-state index contributed by atoms with van der Waals surface area (Å²) in [6.07, 6.45) is 2.45. The molecule has 0 saturated carbocycles. The fraction of sp³-hybridized carbons (Fsp3) is 0.556. The lowest BCUT2D eigenvalue weighted by atomic mass is 10.2. The monoisotopic (exact) mass is 214 g/mol. The van der Waals surface area contributed by atoms with Gasteiger partial charge in [0.25, 0.3) is 6.01 Å². The van der Waals surface area contributed by atoms with Crippen molar-refractivity contribution in [1.29, 1.82) is 0 Å². The standard InChI is InChI=1S/C9H14N2O4/c1-2-6(3-4-12)10-9-11-7(5-15-9)8(13)14/h5-6,12H,2-4H2,1H3,(H,10,11)(H,13,14). The zero-order chi connectivity index (χ0) is 11.3. The lowest BCUT2D eigenvalue weighted by molar-refractivity contribution is 0.0690. The maximum absolute atomic E-state index is 10.5. The van der Waals surface area contributed by atoms with Gasteiger partial charge in [0.15, 0.2) is 5.69 Å². The molecule has 3 N–H and O–H groups in total. The minimum absolute atomic E-state index is 0.0373. The molecule has 84 valence electrons. The van der Waals surface area contributed by atoms with Gasteiger partial charge in [0, 0.05) is 12.6 Å².